The fourth-order valence-electron chi connectivity index (χ4n) is 2.57. The molecule has 0 radical (unpaired) electrons. The number of benzene rings is 2. The summed E-state index contributed by atoms with van der Waals surface area (Å²) in [6.45, 7) is 3.48. The molecular weight excluding hydrogens is 354 g/mol. The number of rotatable bonds is 5. The minimum Gasteiger partial charge on any atom is -0.464 e. The number of hydrogen-bond donors (Lipinski definition) is 1. The lowest BCUT2D eigenvalue weighted by atomic mass is 10.1. The van der Waals surface area contributed by atoms with Gasteiger partial charge < -0.3 is 14.5 Å². The average molecular weight is 372 g/mol. The maximum absolute atomic E-state index is 12.2. The Labute approximate surface area is 155 Å². The number of amides is 1. The number of carbonyl (C=O) groups is 2. The van der Waals surface area contributed by atoms with Crippen LogP contribution in [0.4, 0.5) is 5.69 Å². The standard InChI is InChI=1S/C20H18ClNO4/c1-12-7-8-15-14(11-25-18(15)9-12)10-19(23)26-13(2)20(24)22-17-6-4-3-5-16(17)21/h3-9,11,13H,10H2,1-2H3,(H,22,24)/t13-/m1/s1. The first-order valence-electron chi connectivity index (χ1n) is 8.15. The van der Waals surface area contributed by atoms with Crippen molar-refractivity contribution in [2.75, 3.05) is 5.32 Å². The minimum absolute atomic E-state index is 0.0276. The van der Waals surface area contributed by atoms with Crippen molar-refractivity contribution in [1.29, 1.82) is 0 Å². The van der Waals surface area contributed by atoms with Gasteiger partial charge in [0.25, 0.3) is 5.91 Å². The van der Waals surface area contributed by atoms with E-state index in [9.17, 15) is 9.59 Å². The summed E-state index contributed by atoms with van der Waals surface area (Å²) in [6, 6.07) is 12.6. The van der Waals surface area contributed by atoms with E-state index in [0.29, 0.717) is 10.7 Å². The van der Waals surface area contributed by atoms with Gasteiger partial charge in [0.15, 0.2) is 6.10 Å². The first kappa shape index (κ1) is 18.0. The molecule has 0 saturated carbocycles. The lowest BCUT2D eigenvalue weighted by Gasteiger charge is -2.14. The Kier molecular flexibility index (Phi) is 5.28. The minimum atomic E-state index is -0.945. The molecule has 0 aliphatic carbocycles. The Bertz CT molecular complexity index is 963. The summed E-state index contributed by atoms with van der Waals surface area (Å²) >= 11 is 6.01. The molecule has 0 bridgehead atoms. The predicted octanol–water partition coefficient (Wildman–Crippen LogP) is 4.51. The van der Waals surface area contributed by atoms with Crippen molar-refractivity contribution >= 4 is 40.1 Å². The topological polar surface area (TPSA) is 68.5 Å². The molecular formula is C20H18ClNO4. The van der Waals surface area contributed by atoms with E-state index in [-0.39, 0.29) is 6.42 Å². The number of carbonyl (C=O) groups excluding carboxylic acids is 2. The van der Waals surface area contributed by atoms with Crippen LogP contribution in [0.1, 0.15) is 18.1 Å². The monoisotopic (exact) mass is 371 g/mol. The maximum atomic E-state index is 12.2. The van der Waals surface area contributed by atoms with Crippen molar-refractivity contribution in [2.45, 2.75) is 26.4 Å². The van der Waals surface area contributed by atoms with E-state index in [1.807, 2.05) is 25.1 Å². The molecule has 2 aromatic carbocycles. The zero-order valence-electron chi connectivity index (χ0n) is 14.4. The quantitative estimate of drug-likeness (QED) is 0.670. The third-order valence-corrected chi connectivity index (χ3v) is 4.28. The summed E-state index contributed by atoms with van der Waals surface area (Å²) < 4.78 is 10.7. The van der Waals surface area contributed by atoms with E-state index in [2.05, 4.69) is 5.32 Å². The molecule has 1 heterocycles. The third-order valence-electron chi connectivity index (χ3n) is 3.96. The van der Waals surface area contributed by atoms with Crippen LogP contribution in [0, 0.1) is 6.92 Å². The van der Waals surface area contributed by atoms with Crippen molar-refractivity contribution < 1.29 is 18.7 Å². The van der Waals surface area contributed by atoms with Gasteiger partial charge in [0, 0.05) is 10.9 Å². The lowest BCUT2D eigenvalue weighted by molar-refractivity contribution is -0.152. The molecule has 0 unspecified atom stereocenters. The van der Waals surface area contributed by atoms with Crippen LogP contribution >= 0.6 is 11.6 Å². The van der Waals surface area contributed by atoms with E-state index < -0.39 is 18.0 Å². The van der Waals surface area contributed by atoms with Crippen molar-refractivity contribution in [2.24, 2.45) is 0 Å². The van der Waals surface area contributed by atoms with Gasteiger partial charge >= 0.3 is 5.97 Å². The number of esters is 1. The maximum Gasteiger partial charge on any atom is 0.311 e. The van der Waals surface area contributed by atoms with Crippen molar-refractivity contribution in [3.63, 3.8) is 0 Å². The zero-order chi connectivity index (χ0) is 18.7. The Morgan fingerprint density at radius 2 is 2.00 bits per heavy atom. The van der Waals surface area contributed by atoms with Crippen molar-refractivity contribution in [3.8, 4) is 0 Å². The van der Waals surface area contributed by atoms with Gasteiger partial charge in [0.2, 0.25) is 0 Å². The summed E-state index contributed by atoms with van der Waals surface area (Å²) in [4.78, 5) is 24.4. The molecule has 0 aliphatic rings. The van der Waals surface area contributed by atoms with Gasteiger partial charge in [-0.15, -0.1) is 0 Å². The number of para-hydroxylation sites is 1. The summed E-state index contributed by atoms with van der Waals surface area (Å²) in [7, 11) is 0. The first-order chi connectivity index (χ1) is 12.4. The molecule has 6 heteroatoms. The largest absolute Gasteiger partial charge is 0.464 e. The number of hydrogen-bond acceptors (Lipinski definition) is 4. The van der Waals surface area contributed by atoms with Crippen LogP contribution in [0.25, 0.3) is 11.0 Å². The molecule has 3 rings (SSSR count). The second-order valence-electron chi connectivity index (χ2n) is 6.04. The van der Waals surface area contributed by atoms with E-state index in [4.69, 9.17) is 20.8 Å². The molecule has 1 amide bonds. The molecule has 0 aliphatic heterocycles. The molecule has 3 aromatic rings. The number of nitrogens with one attached hydrogen (secondary N) is 1. The summed E-state index contributed by atoms with van der Waals surface area (Å²) in [5, 5.41) is 3.92. The summed E-state index contributed by atoms with van der Waals surface area (Å²) in [5.74, 6) is -0.950. The lowest BCUT2D eigenvalue weighted by Crippen LogP contribution is -2.30. The molecule has 0 spiro atoms. The first-order valence-corrected chi connectivity index (χ1v) is 8.53. The van der Waals surface area contributed by atoms with Gasteiger partial charge in [-0.3, -0.25) is 9.59 Å². The van der Waals surface area contributed by atoms with E-state index >= 15 is 0 Å². The molecule has 0 fully saturated rings. The zero-order valence-corrected chi connectivity index (χ0v) is 15.2. The summed E-state index contributed by atoms with van der Waals surface area (Å²) in [6.07, 6.45) is 0.624. The molecule has 1 N–H and O–H groups in total. The predicted molar refractivity (Wildman–Crippen MR) is 100 cm³/mol. The molecule has 1 aromatic heterocycles. The fourth-order valence-corrected chi connectivity index (χ4v) is 2.76. The Hall–Kier alpha value is -2.79. The Balaban J connectivity index is 1.61. The van der Waals surface area contributed by atoms with Gasteiger partial charge in [-0.25, -0.2) is 0 Å². The number of aryl methyl sites for hydroxylation is 1. The third kappa shape index (κ3) is 4.06. The van der Waals surface area contributed by atoms with Crippen molar-refractivity contribution in [3.05, 3.63) is 64.9 Å². The SMILES string of the molecule is Cc1ccc2c(CC(=O)O[C@H](C)C(=O)Nc3ccccc3Cl)coc2c1. The van der Waals surface area contributed by atoms with Crippen molar-refractivity contribution in [1.82, 2.24) is 0 Å². The van der Waals surface area contributed by atoms with Crippen LogP contribution in [0.15, 0.2) is 53.1 Å². The van der Waals surface area contributed by atoms with Gasteiger partial charge in [0.05, 0.1) is 23.4 Å². The van der Waals surface area contributed by atoms with Crippen LogP contribution in [0.3, 0.4) is 0 Å². The number of furan rings is 1. The fraction of sp³-hybridized carbons (Fsp3) is 0.200. The Morgan fingerprint density at radius 1 is 1.23 bits per heavy atom. The number of ether oxygens (including phenoxy) is 1. The normalized spacial score (nSPS) is 12.0. The smallest absolute Gasteiger partial charge is 0.311 e. The molecule has 0 saturated heterocycles. The van der Waals surface area contributed by atoms with E-state index in [1.165, 1.54) is 6.92 Å². The highest BCUT2D eigenvalue weighted by Gasteiger charge is 2.20. The van der Waals surface area contributed by atoms with Gasteiger partial charge in [-0.05, 0) is 37.6 Å². The molecule has 134 valence electrons. The van der Waals surface area contributed by atoms with Gasteiger partial charge in [-0.2, -0.15) is 0 Å². The highest BCUT2D eigenvalue weighted by atomic mass is 35.5. The molecule has 5 nitrogen and oxygen atoms in total. The second kappa shape index (κ2) is 7.62. The Morgan fingerprint density at radius 3 is 2.77 bits per heavy atom. The van der Waals surface area contributed by atoms with E-state index in [0.717, 1.165) is 22.1 Å². The second-order valence-corrected chi connectivity index (χ2v) is 6.45. The highest BCUT2D eigenvalue weighted by Crippen LogP contribution is 2.23. The van der Waals surface area contributed by atoms with E-state index in [1.54, 1.807) is 30.5 Å². The molecule has 1 atom stereocenters. The van der Waals surface area contributed by atoms with Crippen LogP contribution < -0.4 is 5.32 Å². The highest BCUT2D eigenvalue weighted by molar-refractivity contribution is 6.33. The van der Waals surface area contributed by atoms with Crippen LogP contribution in [-0.4, -0.2) is 18.0 Å². The number of anilines is 1. The molecule has 26 heavy (non-hydrogen) atoms. The number of halogens is 1. The van der Waals surface area contributed by atoms with Crippen LogP contribution in [0.5, 0.6) is 0 Å². The van der Waals surface area contributed by atoms with Crippen LogP contribution in [-0.2, 0) is 20.7 Å². The van der Waals surface area contributed by atoms with Gasteiger partial charge in [0.1, 0.15) is 5.58 Å². The summed E-state index contributed by atoms with van der Waals surface area (Å²) in [5.41, 5.74) is 2.99. The van der Waals surface area contributed by atoms with Crippen LogP contribution in [0.2, 0.25) is 5.02 Å². The average Bonchev–Trinajstić information content (AvgIpc) is 2.98. The number of fused-ring (bicyclic) bond motifs is 1. The van der Waals surface area contributed by atoms with Gasteiger partial charge in [-0.1, -0.05) is 35.9 Å².